The monoisotopic (exact) mass is 387 g/mol. The topological polar surface area (TPSA) is 70.2 Å². The lowest BCUT2D eigenvalue weighted by molar-refractivity contribution is 0.0817. The average Bonchev–Trinajstić information content (AvgIpc) is 3.37. The maximum atomic E-state index is 13.0. The van der Waals surface area contributed by atoms with E-state index in [9.17, 15) is 4.79 Å². The summed E-state index contributed by atoms with van der Waals surface area (Å²) in [4.78, 5) is 13.0. The predicted molar refractivity (Wildman–Crippen MR) is 109 cm³/mol. The molecule has 0 saturated heterocycles. The van der Waals surface area contributed by atoms with Crippen LogP contribution in [0.25, 0.3) is 17.1 Å². The molecule has 2 aromatic heterocycles. The minimum atomic E-state index is -0.617. The molecule has 29 heavy (non-hydrogen) atoms. The number of rotatable bonds is 6. The molecular weight excluding hydrogens is 366 g/mol. The highest BCUT2D eigenvalue weighted by Gasteiger charge is 2.23. The molecule has 0 saturated carbocycles. The summed E-state index contributed by atoms with van der Waals surface area (Å²) in [5, 5.41) is 7.55. The van der Waals surface area contributed by atoms with E-state index >= 15 is 0 Å². The van der Waals surface area contributed by atoms with Crippen molar-refractivity contribution >= 4 is 5.78 Å². The van der Waals surface area contributed by atoms with Crippen molar-refractivity contribution < 1.29 is 13.9 Å². The van der Waals surface area contributed by atoms with Crippen molar-refractivity contribution in [2.24, 2.45) is 0 Å². The van der Waals surface area contributed by atoms with E-state index in [1.54, 1.807) is 19.1 Å². The fourth-order valence-corrected chi connectivity index (χ4v) is 3.44. The van der Waals surface area contributed by atoms with Gasteiger partial charge in [0.05, 0.1) is 0 Å². The number of nitrogens with zero attached hydrogens (tertiary/aromatic N) is 3. The van der Waals surface area contributed by atoms with Gasteiger partial charge in [-0.2, -0.15) is 0 Å². The number of hydrogen-bond donors (Lipinski definition) is 0. The third kappa shape index (κ3) is 3.69. The number of aryl methyl sites for hydroxylation is 1. The zero-order valence-electron chi connectivity index (χ0n) is 16.5. The molecule has 0 N–H and O–H groups in total. The van der Waals surface area contributed by atoms with Gasteiger partial charge in [0.25, 0.3) is 0 Å². The number of carbonyl (C=O) groups excluding carboxylic acids is 1. The van der Waals surface area contributed by atoms with Crippen molar-refractivity contribution in [1.29, 1.82) is 0 Å². The molecule has 146 valence electrons. The second-order valence-corrected chi connectivity index (χ2v) is 6.85. The maximum absolute atomic E-state index is 13.0. The van der Waals surface area contributed by atoms with Crippen molar-refractivity contribution in [3.05, 3.63) is 84.0 Å². The van der Waals surface area contributed by atoms with Crippen LogP contribution in [0.15, 0.2) is 71.5 Å². The van der Waals surface area contributed by atoms with Crippen LogP contribution in [0.5, 0.6) is 5.75 Å². The van der Waals surface area contributed by atoms with Gasteiger partial charge in [-0.1, -0.05) is 18.2 Å². The Morgan fingerprint density at radius 1 is 1.07 bits per heavy atom. The number of Topliss-reactive ketones (excluding diaryl/α,β-unsaturated/α-hetero) is 1. The molecule has 0 aliphatic rings. The van der Waals surface area contributed by atoms with E-state index in [0.717, 1.165) is 22.6 Å². The lowest BCUT2D eigenvalue weighted by atomic mass is 10.1. The smallest absolute Gasteiger partial charge is 0.247 e. The van der Waals surface area contributed by atoms with Gasteiger partial charge in [-0.3, -0.25) is 4.79 Å². The molecule has 0 aliphatic carbocycles. The molecule has 0 spiro atoms. The standard InChI is InChI=1S/C23H21N3O3/c1-15-13-21(16(2)26(15)19-7-5-4-6-8-19)22(27)17(3)29-20-11-9-18(10-12-20)23-25-24-14-28-23/h4-14,17H,1-3H3/t17-/m0/s1. The van der Waals surface area contributed by atoms with Crippen LogP contribution in [0.1, 0.15) is 28.7 Å². The molecule has 6 nitrogen and oxygen atoms in total. The van der Waals surface area contributed by atoms with E-state index in [0.29, 0.717) is 17.2 Å². The number of aromatic nitrogens is 3. The molecule has 2 heterocycles. The Bertz CT molecular complexity index is 1110. The zero-order chi connectivity index (χ0) is 20.4. The molecule has 0 fully saturated rings. The summed E-state index contributed by atoms with van der Waals surface area (Å²) in [6.07, 6.45) is 0.667. The summed E-state index contributed by atoms with van der Waals surface area (Å²) >= 11 is 0. The molecule has 0 bridgehead atoms. The minimum absolute atomic E-state index is 0.0544. The minimum Gasteiger partial charge on any atom is -0.483 e. The summed E-state index contributed by atoms with van der Waals surface area (Å²) in [6, 6.07) is 19.1. The first-order valence-electron chi connectivity index (χ1n) is 9.36. The van der Waals surface area contributed by atoms with Crippen molar-refractivity contribution in [3.8, 4) is 22.9 Å². The number of hydrogen-bond acceptors (Lipinski definition) is 5. The van der Waals surface area contributed by atoms with Crippen LogP contribution in [0.4, 0.5) is 0 Å². The molecule has 1 atom stereocenters. The Hall–Kier alpha value is -3.67. The van der Waals surface area contributed by atoms with E-state index < -0.39 is 6.10 Å². The highest BCUT2D eigenvalue weighted by atomic mass is 16.5. The molecule has 0 amide bonds. The average molecular weight is 387 g/mol. The van der Waals surface area contributed by atoms with Crippen LogP contribution in [0.3, 0.4) is 0 Å². The Morgan fingerprint density at radius 2 is 1.79 bits per heavy atom. The number of ether oxygens (including phenoxy) is 1. The van der Waals surface area contributed by atoms with Crippen LogP contribution in [-0.4, -0.2) is 26.7 Å². The fraction of sp³-hybridized carbons (Fsp3) is 0.174. The van der Waals surface area contributed by atoms with Crippen LogP contribution in [0.2, 0.25) is 0 Å². The highest BCUT2D eigenvalue weighted by molar-refractivity contribution is 6.00. The Morgan fingerprint density at radius 3 is 2.45 bits per heavy atom. The summed E-state index contributed by atoms with van der Waals surface area (Å²) < 4.78 is 13.2. The third-order valence-electron chi connectivity index (χ3n) is 4.85. The lowest BCUT2D eigenvalue weighted by Crippen LogP contribution is -2.24. The van der Waals surface area contributed by atoms with Gasteiger partial charge in [-0.05, 0) is 63.2 Å². The van der Waals surface area contributed by atoms with Crippen molar-refractivity contribution in [2.75, 3.05) is 0 Å². The second kappa shape index (κ2) is 7.75. The van der Waals surface area contributed by atoms with Gasteiger partial charge in [0.2, 0.25) is 18.1 Å². The molecule has 4 rings (SSSR count). The number of para-hydroxylation sites is 1. The molecule has 0 radical (unpaired) electrons. The fourth-order valence-electron chi connectivity index (χ4n) is 3.44. The third-order valence-corrected chi connectivity index (χ3v) is 4.85. The summed E-state index contributed by atoms with van der Waals surface area (Å²) in [7, 11) is 0. The van der Waals surface area contributed by atoms with E-state index in [4.69, 9.17) is 9.15 Å². The highest BCUT2D eigenvalue weighted by Crippen LogP contribution is 2.24. The Balaban J connectivity index is 1.53. The largest absolute Gasteiger partial charge is 0.483 e. The molecule has 0 unspecified atom stereocenters. The maximum Gasteiger partial charge on any atom is 0.247 e. The normalized spacial score (nSPS) is 12.0. The summed E-state index contributed by atoms with van der Waals surface area (Å²) in [5.74, 6) is 0.987. The summed E-state index contributed by atoms with van der Waals surface area (Å²) in [6.45, 7) is 5.72. The predicted octanol–water partition coefficient (Wildman–Crippen LogP) is 4.79. The van der Waals surface area contributed by atoms with Crippen LogP contribution in [0, 0.1) is 13.8 Å². The van der Waals surface area contributed by atoms with Crippen LogP contribution >= 0.6 is 0 Å². The lowest BCUT2D eigenvalue weighted by Gasteiger charge is -2.14. The molecule has 0 aliphatic heterocycles. The quantitative estimate of drug-likeness (QED) is 0.445. The molecule has 4 aromatic rings. The number of carbonyl (C=O) groups is 1. The molecule has 2 aromatic carbocycles. The number of ketones is 1. The second-order valence-electron chi connectivity index (χ2n) is 6.85. The first-order valence-corrected chi connectivity index (χ1v) is 9.36. The zero-order valence-corrected chi connectivity index (χ0v) is 16.5. The van der Waals surface area contributed by atoms with Gasteiger partial charge in [0, 0.05) is 28.2 Å². The van der Waals surface area contributed by atoms with Gasteiger partial charge in [0.1, 0.15) is 5.75 Å². The first kappa shape index (κ1) is 18.7. The van der Waals surface area contributed by atoms with Crippen LogP contribution in [-0.2, 0) is 0 Å². The van der Waals surface area contributed by atoms with E-state index in [1.165, 1.54) is 6.39 Å². The van der Waals surface area contributed by atoms with Gasteiger partial charge in [-0.15, -0.1) is 10.2 Å². The van der Waals surface area contributed by atoms with Gasteiger partial charge < -0.3 is 13.7 Å². The molecule has 6 heteroatoms. The van der Waals surface area contributed by atoms with E-state index in [-0.39, 0.29) is 5.78 Å². The molecular formula is C23H21N3O3. The SMILES string of the molecule is Cc1cc(C(=O)[C@H](C)Oc2ccc(-c3nnco3)cc2)c(C)n1-c1ccccc1. The Kier molecular flexibility index (Phi) is 4.99. The van der Waals surface area contributed by atoms with E-state index in [2.05, 4.69) is 14.8 Å². The van der Waals surface area contributed by atoms with Crippen molar-refractivity contribution in [2.45, 2.75) is 26.9 Å². The van der Waals surface area contributed by atoms with Crippen molar-refractivity contribution in [1.82, 2.24) is 14.8 Å². The van der Waals surface area contributed by atoms with Gasteiger partial charge in [-0.25, -0.2) is 0 Å². The first-order chi connectivity index (χ1) is 14.0. The summed E-state index contributed by atoms with van der Waals surface area (Å²) in [5.41, 5.74) is 4.40. The van der Waals surface area contributed by atoms with Crippen LogP contribution < -0.4 is 4.74 Å². The van der Waals surface area contributed by atoms with Crippen molar-refractivity contribution in [3.63, 3.8) is 0 Å². The number of benzene rings is 2. The Labute approximate surface area is 168 Å². The van der Waals surface area contributed by atoms with Gasteiger partial charge >= 0.3 is 0 Å². The van der Waals surface area contributed by atoms with E-state index in [1.807, 2.05) is 62.4 Å². The van der Waals surface area contributed by atoms with Gasteiger partial charge in [0.15, 0.2) is 6.10 Å².